The molecule has 0 atom stereocenters. The lowest BCUT2D eigenvalue weighted by Crippen LogP contribution is -2.34. The Kier molecular flexibility index (Phi) is 18.6. The predicted octanol–water partition coefficient (Wildman–Crippen LogP) is 6.99. The van der Waals surface area contributed by atoms with E-state index in [0.717, 1.165) is 0 Å². The van der Waals surface area contributed by atoms with Crippen molar-refractivity contribution in [1.82, 2.24) is 14.7 Å². The van der Waals surface area contributed by atoms with E-state index >= 15 is 0 Å². The lowest BCUT2D eigenvalue weighted by molar-refractivity contribution is -0.385. The van der Waals surface area contributed by atoms with Gasteiger partial charge < -0.3 is 28.9 Å². The Morgan fingerprint density at radius 3 is 0.778 bits per heavy atom. The maximum absolute atomic E-state index is 13.2. The molecule has 63 heavy (non-hydrogen) atoms. The van der Waals surface area contributed by atoms with Crippen LogP contribution in [-0.2, 0) is 52.9 Å². The molecule has 342 valence electrons. The zero-order chi connectivity index (χ0) is 46.2. The minimum atomic E-state index is -0.513. The Morgan fingerprint density at radius 2 is 0.619 bits per heavy atom. The predicted molar refractivity (Wildman–Crippen MR) is 236 cm³/mol. The lowest BCUT2D eigenvalue weighted by atomic mass is 9.93. The molecule has 0 heterocycles. The van der Waals surface area contributed by atoms with Crippen molar-refractivity contribution in [2.45, 2.75) is 99.3 Å². The molecule has 0 fully saturated rings. The second-order valence-electron chi connectivity index (χ2n) is 15.2. The summed E-state index contributed by atoms with van der Waals surface area (Å²) in [6, 6.07) is 8.44. The van der Waals surface area contributed by atoms with E-state index in [1.807, 2.05) is 41.5 Å². The normalized spacial score (nSPS) is 12.9. The number of nitrogens with zero attached hydrogens (tertiary/aromatic N) is 6. The van der Waals surface area contributed by atoms with Gasteiger partial charge in [0, 0.05) is 109 Å². The number of rotatable bonds is 18. The Labute approximate surface area is 367 Å². The fraction of sp³-hybridized carbons (Fsp3) is 0.533. The van der Waals surface area contributed by atoms with E-state index in [9.17, 15) is 44.7 Å². The van der Waals surface area contributed by atoms with Crippen LogP contribution in [0.15, 0.2) is 36.4 Å². The molecule has 0 unspecified atom stereocenters. The Morgan fingerprint density at radius 1 is 0.429 bits per heavy atom. The molecule has 0 aliphatic heterocycles. The second kappa shape index (κ2) is 23.8. The molecule has 18 nitrogen and oxygen atoms in total. The van der Waals surface area contributed by atoms with Crippen molar-refractivity contribution in [3.8, 4) is 17.2 Å². The van der Waals surface area contributed by atoms with Gasteiger partial charge in [0.1, 0.15) is 17.2 Å². The van der Waals surface area contributed by atoms with Crippen LogP contribution in [0.25, 0.3) is 0 Å². The Hall–Kier alpha value is -6.33. The van der Waals surface area contributed by atoms with Crippen LogP contribution >= 0.6 is 0 Å². The maximum atomic E-state index is 13.2. The minimum absolute atomic E-state index is 0.204. The Balaban J connectivity index is 1.95. The molecule has 3 aromatic rings. The summed E-state index contributed by atoms with van der Waals surface area (Å²) < 4.78 is 18.8. The molecular formula is C45H60N6O12. The summed E-state index contributed by atoms with van der Waals surface area (Å²) in [7, 11) is 0. The van der Waals surface area contributed by atoms with Crippen molar-refractivity contribution in [2.75, 3.05) is 59.1 Å². The average Bonchev–Trinajstić information content (AvgIpc) is 3.25. The van der Waals surface area contributed by atoms with Crippen LogP contribution in [0.4, 0.5) is 17.1 Å². The first kappa shape index (κ1) is 49.3. The molecule has 0 N–H and O–H groups in total. The van der Waals surface area contributed by atoms with Crippen molar-refractivity contribution in [3.63, 3.8) is 0 Å². The number of amides is 3. The van der Waals surface area contributed by atoms with E-state index in [0.29, 0.717) is 109 Å². The third-order valence-corrected chi connectivity index (χ3v) is 11.4. The van der Waals surface area contributed by atoms with Crippen molar-refractivity contribution in [2.24, 2.45) is 0 Å². The van der Waals surface area contributed by atoms with Crippen LogP contribution in [0.2, 0.25) is 0 Å². The lowest BCUT2D eigenvalue weighted by Gasteiger charge is -2.22. The first-order valence-corrected chi connectivity index (χ1v) is 21.8. The highest BCUT2D eigenvalue weighted by Gasteiger charge is 2.25. The molecule has 0 spiro atoms. The fourth-order valence-corrected chi connectivity index (χ4v) is 8.01. The van der Waals surface area contributed by atoms with E-state index in [4.69, 9.17) is 14.2 Å². The topological polar surface area (TPSA) is 218 Å². The molecule has 0 saturated carbocycles. The molecule has 3 amide bonds. The number of likely N-dealkylation sites (N-methyl/N-ethyl adjacent to an activating group) is 3. The third kappa shape index (κ3) is 13.1. The number of ether oxygens (including phenoxy) is 3. The van der Waals surface area contributed by atoms with Gasteiger partial charge in [-0.25, -0.2) is 0 Å². The second-order valence-corrected chi connectivity index (χ2v) is 15.2. The number of fused-ring (bicyclic) bond motifs is 6. The molecule has 6 bridgehead atoms. The van der Waals surface area contributed by atoms with Gasteiger partial charge in [-0.3, -0.25) is 44.7 Å². The molecule has 18 heteroatoms. The van der Waals surface area contributed by atoms with Crippen LogP contribution in [-0.4, -0.2) is 106 Å². The smallest absolute Gasteiger partial charge is 0.270 e. The van der Waals surface area contributed by atoms with E-state index < -0.39 is 14.8 Å². The first-order valence-electron chi connectivity index (χ1n) is 21.8. The average molecular weight is 877 g/mol. The molecule has 0 saturated heterocycles. The molecule has 1 aliphatic rings. The summed E-state index contributed by atoms with van der Waals surface area (Å²) in [4.78, 5) is 80.0. The van der Waals surface area contributed by atoms with Gasteiger partial charge in [0.25, 0.3) is 34.8 Å². The van der Waals surface area contributed by atoms with Crippen molar-refractivity contribution in [1.29, 1.82) is 0 Å². The zero-order valence-corrected chi connectivity index (χ0v) is 37.3. The van der Waals surface area contributed by atoms with Crippen LogP contribution in [0, 0.1) is 30.3 Å². The van der Waals surface area contributed by atoms with Crippen molar-refractivity contribution < 1.29 is 43.4 Å². The summed E-state index contributed by atoms with van der Waals surface area (Å²) >= 11 is 0. The van der Waals surface area contributed by atoms with Crippen LogP contribution in [0.5, 0.6) is 17.2 Å². The number of non-ortho nitro benzene ring substituents is 3. The molecule has 1 aliphatic carbocycles. The van der Waals surface area contributed by atoms with E-state index in [2.05, 4.69) is 0 Å². The fourth-order valence-electron chi connectivity index (χ4n) is 8.01. The van der Waals surface area contributed by atoms with Gasteiger partial charge in [-0.15, -0.1) is 0 Å². The minimum Gasteiger partial charge on any atom is -0.483 e. The van der Waals surface area contributed by atoms with Gasteiger partial charge in [-0.1, -0.05) is 0 Å². The summed E-state index contributed by atoms with van der Waals surface area (Å²) in [5.74, 6) is 0.0537. The van der Waals surface area contributed by atoms with Crippen LogP contribution < -0.4 is 14.2 Å². The van der Waals surface area contributed by atoms with Gasteiger partial charge in [0.2, 0.25) is 0 Å². The number of hydrogen-bond acceptors (Lipinski definition) is 12. The Bertz CT molecular complexity index is 1820. The summed E-state index contributed by atoms with van der Waals surface area (Å²) in [5.41, 5.74) is 2.11. The summed E-state index contributed by atoms with van der Waals surface area (Å²) in [6.07, 6.45) is 2.30. The standard InChI is InChI=1S/C45H60N6O12/c1-7-46(8-2)40(52)28-61-43-31-16-13-18-33-24-38(50(57)58)26-35(44(33)62-29-41(53)47(9-3)10-4)20-15-21-36-27-39(51(59)60)25-34(45(36)63-30-42(54)48(11-5)12-6)19-14-17-32(43)23-37(22-31)49(55)56/h22-27H,7-21,28-30H2,1-6H3. The number of aryl methyl sites for hydroxylation is 6. The number of benzene rings is 3. The summed E-state index contributed by atoms with van der Waals surface area (Å²) in [5, 5.41) is 37.1. The number of nitro groups is 3. The SMILES string of the molecule is CCN(CC)C(=O)COc1c2cc([N+](=O)[O-])cc1CCCc1cc([N+](=O)[O-])cc(c1OCC(=O)N(CC)CC)CCCc1cc([N+](=O)[O-])cc(c1OCC(=O)N(CC)CC)CCC2. The van der Waals surface area contributed by atoms with Gasteiger partial charge in [0.05, 0.1) is 14.8 Å². The number of nitro benzene ring substituents is 3. The van der Waals surface area contributed by atoms with Crippen molar-refractivity contribution in [3.05, 3.63) is 100 Å². The maximum Gasteiger partial charge on any atom is 0.270 e. The molecule has 0 aromatic heterocycles. The van der Waals surface area contributed by atoms with E-state index in [1.54, 1.807) is 14.7 Å². The first-order chi connectivity index (χ1) is 30.2. The quantitative estimate of drug-likeness (QED) is 0.0933. The number of hydrogen-bond donors (Lipinski definition) is 0. The van der Waals surface area contributed by atoms with E-state index in [1.165, 1.54) is 36.4 Å². The van der Waals surface area contributed by atoms with Gasteiger partial charge in [-0.05, 0) is 99.3 Å². The number of carbonyl (C=O) groups is 3. The van der Waals surface area contributed by atoms with Crippen molar-refractivity contribution >= 4 is 34.8 Å². The number of carbonyl (C=O) groups excluding carboxylic acids is 3. The monoisotopic (exact) mass is 876 g/mol. The molecule has 0 radical (unpaired) electrons. The largest absolute Gasteiger partial charge is 0.483 e. The zero-order valence-electron chi connectivity index (χ0n) is 37.3. The molecule has 4 rings (SSSR count). The summed E-state index contributed by atoms with van der Waals surface area (Å²) in [6.45, 7) is 12.8. The molecular weight excluding hydrogens is 817 g/mol. The van der Waals surface area contributed by atoms with E-state index in [-0.39, 0.29) is 93.1 Å². The third-order valence-electron chi connectivity index (χ3n) is 11.4. The van der Waals surface area contributed by atoms with Crippen LogP contribution in [0.3, 0.4) is 0 Å². The van der Waals surface area contributed by atoms with Gasteiger partial charge >= 0.3 is 0 Å². The van der Waals surface area contributed by atoms with Gasteiger partial charge in [0.15, 0.2) is 19.8 Å². The van der Waals surface area contributed by atoms with Gasteiger partial charge in [-0.2, -0.15) is 0 Å². The molecule has 3 aromatic carbocycles. The highest BCUT2D eigenvalue weighted by molar-refractivity contribution is 5.79. The van der Waals surface area contributed by atoms with Crippen LogP contribution in [0.1, 0.15) is 94.2 Å². The highest BCUT2D eigenvalue weighted by Crippen LogP contribution is 2.38. The highest BCUT2D eigenvalue weighted by atomic mass is 16.6.